The van der Waals surface area contributed by atoms with Gasteiger partial charge in [0.15, 0.2) is 5.41 Å². The Morgan fingerprint density at radius 1 is 1.50 bits per heavy atom. The van der Waals surface area contributed by atoms with Crippen molar-refractivity contribution < 1.29 is 19.1 Å². The van der Waals surface area contributed by atoms with E-state index in [2.05, 4.69) is 6.58 Å². The van der Waals surface area contributed by atoms with Gasteiger partial charge in [0.1, 0.15) is 5.78 Å². The zero-order valence-electron chi connectivity index (χ0n) is 11.4. The fourth-order valence-corrected chi connectivity index (χ4v) is 2.71. The Morgan fingerprint density at radius 3 is 2.61 bits per heavy atom. The van der Waals surface area contributed by atoms with Gasteiger partial charge in [-0.15, -0.1) is 6.58 Å². The fourth-order valence-electron chi connectivity index (χ4n) is 2.71. The number of hydrogen-bond acceptors (Lipinski definition) is 4. The number of ketones is 1. The topological polar surface area (TPSA) is 52.6 Å². The van der Waals surface area contributed by atoms with Crippen LogP contribution in [0.4, 0.5) is 0 Å². The Hall–Kier alpha value is -1.16. The molecule has 4 nitrogen and oxygen atoms in total. The molecule has 1 saturated heterocycles. The monoisotopic (exact) mass is 254 g/mol. The second-order valence-corrected chi connectivity index (χ2v) is 4.60. The van der Waals surface area contributed by atoms with Gasteiger partial charge < -0.3 is 9.47 Å². The molecule has 1 heterocycles. The normalized spacial score (nSPS) is 31.1. The zero-order valence-corrected chi connectivity index (χ0v) is 11.4. The first kappa shape index (κ1) is 14.9. The lowest BCUT2D eigenvalue weighted by atomic mass is 9.69. The van der Waals surface area contributed by atoms with E-state index in [9.17, 15) is 9.59 Å². The first-order valence-electron chi connectivity index (χ1n) is 6.48. The first-order chi connectivity index (χ1) is 8.55. The molecule has 0 radical (unpaired) electrons. The molecule has 0 N–H and O–H groups in total. The number of rotatable bonds is 6. The maximum atomic E-state index is 12.3. The van der Waals surface area contributed by atoms with Gasteiger partial charge in [0.25, 0.3) is 0 Å². The van der Waals surface area contributed by atoms with Crippen LogP contribution >= 0.6 is 0 Å². The smallest absolute Gasteiger partial charge is 0.323 e. The minimum atomic E-state index is -1.20. The highest BCUT2D eigenvalue weighted by Gasteiger charge is 2.60. The number of carbonyl (C=O) groups is 2. The number of hydrogen-bond donors (Lipinski definition) is 0. The van der Waals surface area contributed by atoms with Gasteiger partial charge in [-0.05, 0) is 20.3 Å². The molecule has 0 amide bonds. The van der Waals surface area contributed by atoms with Crippen LogP contribution < -0.4 is 0 Å². The summed E-state index contributed by atoms with van der Waals surface area (Å²) in [6, 6.07) is 0. The van der Waals surface area contributed by atoms with Crippen molar-refractivity contribution in [2.45, 2.75) is 39.7 Å². The second kappa shape index (κ2) is 6.14. The third-order valence-electron chi connectivity index (χ3n) is 3.60. The molecule has 3 unspecified atom stereocenters. The summed E-state index contributed by atoms with van der Waals surface area (Å²) in [4.78, 5) is 24.4. The number of ether oxygens (including phenoxy) is 2. The minimum absolute atomic E-state index is 0.193. The summed E-state index contributed by atoms with van der Waals surface area (Å²) in [5, 5.41) is 0. The van der Waals surface area contributed by atoms with Crippen LogP contribution in [0.25, 0.3) is 0 Å². The van der Waals surface area contributed by atoms with Crippen molar-refractivity contribution in [2.24, 2.45) is 11.3 Å². The highest BCUT2D eigenvalue weighted by atomic mass is 16.5. The molecule has 102 valence electrons. The Labute approximate surface area is 108 Å². The summed E-state index contributed by atoms with van der Waals surface area (Å²) < 4.78 is 10.8. The van der Waals surface area contributed by atoms with E-state index in [1.54, 1.807) is 13.0 Å². The van der Waals surface area contributed by atoms with Crippen molar-refractivity contribution in [3.05, 3.63) is 12.7 Å². The van der Waals surface area contributed by atoms with Crippen molar-refractivity contribution >= 4 is 11.8 Å². The standard InChI is InChI=1S/C14H22O4/c1-5-8-12-14(10(4)15,13(16)17-7-3)11(6-2)9-18-12/h6,11-12H,2,5,7-9H2,1,3-4H3. The number of esters is 1. The Bertz CT molecular complexity index is 337. The van der Waals surface area contributed by atoms with E-state index in [0.717, 1.165) is 6.42 Å². The van der Waals surface area contributed by atoms with Gasteiger partial charge in [-0.2, -0.15) is 0 Å². The highest BCUT2D eigenvalue weighted by Crippen LogP contribution is 2.44. The number of Topliss-reactive ketones (excluding diaryl/α,β-unsaturated/α-hetero) is 1. The van der Waals surface area contributed by atoms with Crippen LogP contribution in [0.1, 0.15) is 33.6 Å². The van der Waals surface area contributed by atoms with E-state index >= 15 is 0 Å². The Morgan fingerprint density at radius 2 is 2.17 bits per heavy atom. The van der Waals surface area contributed by atoms with Crippen LogP contribution in [-0.4, -0.2) is 31.1 Å². The summed E-state index contributed by atoms with van der Waals surface area (Å²) >= 11 is 0. The van der Waals surface area contributed by atoms with Gasteiger partial charge in [0.2, 0.25) is 0 Å². The summed E-state index contributed by atoms with van der Waals surface area (Å²) in [7, 11) is 0. The molecular formula is C14H22O4. The Balaban J connectivity index is 3.19. The maximum Gasteiger partial charge on any atom is 0.323 e. The summed E-state index contributed by atoms with van der Waals surface area (Å²) in [5.74, 6) is -0.967. The molecule has 0 aromatic rings. The van der Waals surface area contributed by atoms with E-state index in [-0.39, 0.29) is 18.3 Å². The quantitative estimate of drug-likeness (QED) is 0.414. The number of carbonyl (C=O) groups excluding carboxylic acids is 2. The molecule has 1 aliphatic heterocycles. The molecular weight excluding hydrogens is 232 g/mol. The van der Waals surface area contributed by atoms with Gasteiger partial charge in [-0.1, -0.05) is 19.4 Å². The third-order valence-corrected chi connectivity index (χ3v) is 3.60. The average molecular weight is 254 g/mol. The van der Waals surface area contributed by atoms with E-state index in [0.29, 0.717) is 13.0 Å². The lowest BCUT2D eigenvalue weighted by Crippen LogP contribution is -2.50. The molecule has 0 saturated carbocycles. The molecule has 1 rings (SSSR count). The Kier molecular flexibility index (Phi) is 5.08. The van der Waals surface area contributed by atoms with Gasteiger partial charge in [-0.3, -0.25) is 9.59 Å². The average Bonchev–Trinajstić information content (AvgIpc) is 2.69. The van der Waals surface area contributed by atoms with Gasteiger partial charge >= 0.3 is 5.97 Å². The van der Waals surface area contributed by atoms with Crippen molar-refractivity contribution in [2.75, 3.05) is 13.2 Å². The summed E-state index contributed by atoms with van der Waals surface area (Å²) in [6.07, 6.45) is 2.75. The molecule has 0 bridgehead atoms. The highest BCUT2D eigenvalue weighted by molar-refractivity contribution is 6.04. The molecule has 3 atom stereocenters. The van der Waals surface area contributed by atoms with E-state index in [1.165, 1.54) is 6.92 Å². The molecule has 0 aromatic heterocycles. The molecule has 18 heavy (non-hydrogen) atoms. The van der Waals surface area contributed by atoms with Gasteiger partial charge in [0.05, 0.1) is 19.3 Å². The molecule has 0 aliphatic carbocycles. The van der Waals surface area contributed by atoms with Crippen LogP contribution in [0.15, 0.2) is 12.7 Å². The third kappa shape index (κ3) is 2.21. The predicted molar refractivity (Wildman–Crippen MR) is 68.1 cm³/mol. The molecule has 0 spiro atoms. The van der Waals surface area contributed by atoms with E-state index < -0.39 is 17.5 Å². The van der Waals surface area contributed by atoms with Gasteiger partial charge in [0, 0.05) is 5.92 Å². The van der Waals surface area contributed by atoms with E-state index in [4.69, 9.17) is 9.47 Å². The van der Waals surface area contributed by atoms with E-state index in [1.807, 2.05) is 6.92 Å². The van der Waals surface area contributed by atoms with Crippen LogP contribution in [0.3, 0.4) is 0 Å². The first-order valence-corrected chi connectivity index (χ1v) is 6.48. The largest absolute Gasteiger partial charge is 0.465 e. The zero-order chi connectivity index (χ0) is 13.8. The van der Waals surface area contributed by atoms with Crippen LogP contribution in [0.2, 0.25) is 0 Å². The maximum absolute atomic E-state index is 12.3. The summed E-state index contributed by atoms with van der Waals surface area (Å²) in [5.41, 5.74) is -1.20. The van der Waals surface area contributed by atoms with Crippen LogP contribution in [-0.2, 0) is 19.1 Å². The minimum Gasteiger partial charge on any atom is -0.465 e. The second-order valence-electron chi connectivity index (χ2n) is 4.60. The predicted octanol–water partition coefficient (Wildman–Crippen LogP) is 2.13. The van der Waals surface area contributed by atoms with Crippen molar-refractivity contribution in [1.82, 2.24) is 0 Å². The van der Waals surface area contributed by atoms with Gasteiger partial charge in [-0.25, -0.2) is 0 Å². The van der Waals surface area contributed by atoms with Crippen molar-refractivity contribution in [3.63, 3.8) is 0 Å². The summed E-state index contributed by atoms with van der Waals surface area (Å²) in [6.45, 7) is 9.50. The molecule has 1 fully saturated rings. The molecule has 0 aromatic carbocycles. The molecule has 4 heteroatoms. The lowest BCUT2D eigenvalue weighted by molar-refractivity contribution is -0.165. The van der Waals surface area contributed by atoms with Crippen molar-refractivity contribution in [1.29, 1.82) is 0 Å². The van der Waals surface area contributed by atoms with Crippen LogP contribution in [0, 0.1) is 11.3 Å². The lowest BCUT2D eigenvalue weighted by Gasteiger charge is -2.32. The SMILES string of the molecule is C=CC1COC(CCC)C1(C(C)=O)C(=O)OCC. The fraction of sp³-hybridized carbons (Fsp3) is 0.714. The molecule has 1 aliphatic rings. The van der Waals surface area contributed by atoms with Crippen LogP contribution in [0.5, 0.6) is 0 Å². The van der Waals surface area contributed by atoms with Crippen molar-refractivity contribution in [3.8, 4) is 0 Å².